The van der Waals surface area contributed by atoms with E-state index < -0.39 is 22.7 Å². The molecule has 6 heteroatoms. The van der Waals surface area contributed by atoms with Crippen molar-refractivity contribution in [1.82, 2.24) is 0 Å². The fourth-order valence-corrected chi connectivity index (χ4v) is 0.888. The van der Waals surface area contributed by atoms with Gasteiger partial charge in [0.05, 0.1) is 10.8 Å². The summed E-state index contributed by atoms with van der Waals surface area (Å²) in [7, 11) is -1.68. The van der Waals surface area contributed by atoms with Crippen molar-refractivity contribution in [2.24, 2.45) is 0 Å². The van der Waals surface area contributed by atoms with Gasteiger partial charge in [0, 0.05) is 23.0 Å². The van der Waals surface area contributed by atoms with Crippen LogP contribution in [-0.4, -0.2) is 26.4 Å². The quantitative estimate of drug-likeness (QED) is 0.605. The zero-order chi connectivity index (χ0) is 9.56. The van der Waals surface area contributed by atoms with Crippen molar-refractivity contribution in [3.8, 4) is 0 Å². The number of hydrogen-bond acceptors (Lipinski definition) is 3. The molecule has 0 aromatic carbocycles. The van der Waals surface area contributed by atoms with Crippen molar-refractivity contribution in [1.29, 1.82) is 0 Å². The van der Waals surface area contributed by atoms with Crippen LogP contribution in [-0.2, 0) is 20.4 Å². The molecule has 0 aliphatic rings. The second-order valence-corrected chi connectivity index (χ2v) is 2.81. The van der Waals surface area contributed by atoms with E-state index in [1.165, 1.54) is 0 Å². The fraction of sp³-hybridized carbons (Fsp3) is 0. The largest absolute Gasteiger partial charge is 0.478 e. The number of carboxylic acids is 2. The minimum absolute atomic E-state index is 0.683. The van der Waals surface area contributed by atoms with Gasteiger partial charge >= 0.3 is 11.9 Å². The van der Waals surface area contributed by atoms with Gasteiger partial charge in [-0.1, -0.05) is 0 Å². The molecular weight excluding hydrogens is 184 g/mol. The SMILES string of the molecule is O=C(O)/C=C\S(=O)/C=C/C(=O)O. The second-order valence-electron chi connectivity index (χ2n) is 1.61. The summed E-state index contributed by atoms with van der Waals surface area (Å²) in [6.45, 7) is 0. The first-order valence-corrected chi connectivity index (χ1v) is 4.01. The van der Waals surface area contributed by atoms with E-state index >= 15 is 0 Å². The van der Waals surface area contributed by atoms with Gasteiger partial charge in [-0.05, 0) is 0 Å². The summed E-state index contributed by atoms with van der Waals surface area (Å²) >= 11 is 0. The maximum atomic E-state index is 10.7. The number of rotatable bonds is 4. The molecule has 0 aromatic rings. The van der Waals surface area contributed by atoms with Crippen LogP contribution in [0.5, 0.6) is 0 Å². The lowest BCUT2D eigenvalue weighted by atomic mass is 10.7. The Bertz CT molecular complexity index is 239. The Labute approximate surface area is 70.5 Å². The van der Waals surface area contributed by atoms with Crippen LogP contribution in [0.2, 0.25) is 0 Å². The van der Waals surface area contributed by atoms with Crippen LogP contribution in [0.4, 0.5) is 0 Å². The van der Waals surface area contributed by atoms with Crippen molar-refractivity contribution in [2.45, 2.75) is 0 Å². The molecular formula is C6H6O5S. The Balaban J connectivity index is 4.07. The Morgan fingerprint density at radius 3 is 1.58 bits per heavy atom. The summed E-state index contributed by atoms with van der Waals surface area (Å²) in [4.78, 5) is 19.8. The molecule has 0 bridgehead atoms. The van der Waals surface area contributed by atoms with Gasteiger partial charge in [-0.15, -0.1) is 0 Å². The third kappa shape index (κ3) is 6.69. The summed E-state index contributed by atoms with van der Waals surface area (Å²) in [6, 6.07) is 0. The molecule has 1 atom stereocenters. The van der Waals surface area contributed by atoms with Crippen molar-refractivity contribution >= 4 is 22.7 Å². The van der Waals surface area contributed by atoms with Gasteiger partial charge in [-0.2, -0.15) is 0 Å². The highest BCUT2D eigenvalue weighted by molar-refractivity contribution is 7.90. The van der Waals surface area contributed by atoms with Crippen LogP contribution in [0.1, 0.15) is 0 Å². The third-order valence-corrected chi connectivity index (χ3v) is 1.50. The molecule has 12 heavy (non-hydrogen) atoms. The Kier molecular flexibility index (Phi) is 4.62. The summed E-state index contributed by atoms with van der Waals surface area (Å²) in [5, 5.41) is 17.9. The van der Waals surface area contributed by atoms with Gasteiger partial charge in [0.15, 0.2) is 0 Å². The molecule has 0 saturated heterocycles. The molecule has 0 aliphatic heterocycles. The standard InChI is InChI=1S/C6H6O5S/c7-5(8)1-3-12(11)4-2-6(9)10/h1-4H,(H,7,8)(H,9,10)/b3-1-,4-2+. The lowest BCUT2D eigenvalue weighted by Gasteiger charge is -1.81. The number of hydrogen-bond donors (Lipinski definition) is 2. The van der Waals surface area contributed by atoms with Crippen molar-refractivity contribution in [3.05, 3.63) is 23.0 Å². The van der Waals surface area contributed by atoms with Gasteiger partial charge in [0.2, 0.25) is 0 Å². The van der Waals surface area contributed by atoms with E-state index in [9.17, 15) is 13.8 Å². The summed E-state index contributed by atoms with van der Waals surface area (Å²) in [5.74, 6) is -2.46. The van der Waals surface area contributed by atoms with Gasteiger partial charge in [0.1, 0.15) is 0 Å². The highest BCUT2D eigenvalue weighted by Gasteiger charge is 1.91. The topological polar surface area (TPSA) is 91.7 Å². The van der Waals surface area contributed by atoms with Gasteiger partial charge in [-0.25, -0.2) is 9.59 Å². The molecule has 0 radical (unpaired) electrons. The summed E-state index contributed by atoms with van der Waals surface area (Å²) in [6.07, 6.45) is 1.37. The molecule has 0 spiro atoms. The van der Waals surface area contributed by atoms with Gasteiger partial charge in [-0.3, -0.25) is 4.21 Å². The Hall–Kier alpha value is -1.43. The zero-order valence-corrected chi connectivity index (χ0v) is 6.65. The fourth-order valence-electron chi connectivity index (χ4n) is 0.296. The van der Waals surface area contributed by atoms with E-state index in [-0.39, 0.29) is 0 Å². The molecule has 0 saturated carbocycles. The van der Waals surface area contributed by atoms with Crippen molar-refractivity contribution in [3.63, 3.8) is 0 Å². The predicted molar refractivity (Wildman–Crippen MR) is 41.7 cm³/mol. The van der Waals surface area contributed by atoms with E-state index in [0.717, 1.165) is 10.8 Å². The first-order chi connectivity index (χ1) is 5.52. The van der Waals surface area contributed by atoms with E-state index in [1.807, 2.05) is 0 Å². The highest BCUT2D eigenvalue weighted by Crippen LogP contribution is 1.87. The molecule has 0 fully saturated rings. The summed E-state index contributed by atoms with van der Waals surface area (Å²) < 4.78 is 10.7. The molecule has 5 nitrogen and oxygen atoms in total. The van der Waals surface area contributed by atoms with E-state index in [4.69, 9.17) is 10.2 Å². The van der Waals surface area contributed by atoms with Gasteiger partial charge < -0.3 is 10.2 Å². The predicted octanol–water partition coefficient (Wildman–Crippen LogP) is -0.0683. The summed E-state index contributed by atoms with van der Waals surface area (Å²) in [5.41, 5.74) is 0. The highest BCUT2D eigenvalue weighted by atomic mass is 32.2. The van der Waals surface area contributed by atoms with Crippen LogP contribution in [0.25, 0.3) is 0 Å². The number of carbonyl (C=O) groups is 2. The molecule has 0 rings (SSSR count). The molecule has 0 amide bonds. The van der Waals surface area contributed by atoms with Crippen molar-refractivity contribution in [2.75, 3.05) is 0 Å². The lowest BCUT2D eigenvalue weighted by Crippen LogP contribution is -1.90. The number of aliphatic carboxylic acids is 2. The molecule has 2 N–H and O–H groups in total. The average molecular weight is 190 g/mol. The lowest BCUT2D eigenvalue weighted by molar-refractivity contribution is -0.132. The second kappa shape index (κ2) is 5.25. The molecule has 66 valence electrons. The zero-order valence-electron chi connectivity index (χ0n) is 5.84. The van der Waals surface area contributed by atoms with Crippen LogP contribution in [0.15, 0.2) is 23.0 Å². The average Bonchev–Trinajstić information content (AvgIpc) is 1.96. The molecule has 1 unspecified atom stereocenters. The Morgan fingerprint density at radius 2 is 1.33 bits per heavy atom. The smallest absolute Gasteiger partial charge is 0.328 e. The monoisotopic (exact) mass is 190 g/mol. The van der Waals surface area contributed by atoms with E-state index in [0.29, 0.717) is 12.2 Å². The van der Waals surface area contributed by atoms with Crippen LogP contribution in [0, 0.1) is 0 Å². The van der Waals surface area contributed by atoms with E-state index in [2.05, 4.69) is 0 Å². The maximum absolute atomic E-state index is 10.7. The third-order valence-electron chi connectivity index (χ3n) is 0.689. The normalized spacial score (nSPS) is 13.7. The van der Waals surface area contributed by atoms with Crippen LogP contribution in [0.3, 0.4) is 0 Å². The van der Waals surface area contributed by atoms with Gasteiger partial charge in [0.25, 0.3) is 0 Å². The number of carboxylic acid groups (broad SMARTS) is 2. The minimum Gasteiger partial charge on any atom is -0.478 e. The first-order valence-electron chi connectivity index (χ1n) is 2.74. The first kappa shape index (κ1) is 10.6. The maximum Gasteiger partial charge on any atom is 0.328 e. The molecule has 0 heterocycles. The molecule has 0 aliphatic carbocycles. The minimum atomic E-state index is -1.68. The van der Waals surface area contributed by atoms with Crippen molar-refractivity contribution < 1.29 is 24.0 Å². The van der Waals surface area contributed by atoms with E-state index in [1.54, 1.807) is 0 Å². The molecule has 0 aromatic heterocycles. The van der Waals surface area contributed by atoms with Crippen LogP contribution < -0.4 is 0 Å². The Morgan fingerprint density at radius 1 is 1.00 bits per heavy atom. The van der Waals surface area contributed by atoms with Crippen LogP contribution >= 0.6 is 0 Å².